The second kappa shape index (κ2) is 13.0. The number of fused-ring (bicyclic) bond motifs is 4. The zero-order chi connectivity index (χ0) is 36.3. The summed E-state index contributed by atoms with van der Waals surface area (Å²) < 4.78 is 0. The zero-order valence-corrected chi connectivity index (χ0v) is 30.8. The predicted molar refractivity (Wildman–Crippen MR) is 232 cm³/mol. The summed E-state index contributed by atoms with van der Waals surface area (Å²) in [4.78, 5) is 9.88. The summed E-state index contributed by atoms with van der Waals surface area (Å²) in [6, 6.07) is 72.5. The van der Waals surface area contributed by atoms with Crippen LogP contribution in [0.1, 0.15) is 11.7 Å². The van der Waals surface area contributed by atoms with Crippen LogP contribution < -0.4 is 36.4 Å². The summed E-state index contributed by atoms with van der Waals surface area (Å²) in [6.45, 7) is 0.0793. The van der Waals surface area contributed by atoms with Crippen molar-refractivity contribution in [2.24, 2.45) is 0 Å². The molecule has 1 atom stereocenters. The van der Waals surface area contributed by atoms with Crippen molar-refractivity contribution < 1.29 is 0 Å². The second-order valence-corrected chi connectivity index (χ2v) is 15.3. The van der Waals surface area contributed by atoms with E-state index in [1.54, 1.807) is 0 Å². The van der Waals surface area contributed by atoms with Gasteiger partial charge < -0.3 is 20.0 Å². The Morgan fingerprint density at radius 1 is 0.455 bits per heavy atom. The molecule has 0 fully saturated rings. The van der Waals surface area contributed by atoms with Crippen molar-refractivity contribution in [3.63, 3.8) is 0 Å². The molecule has 8 aromatic carbocycles. The smallest absolute Gasteiger partial charge is 0.249 e. The number of para-hydroxylation sites is 5. The second-order valence-electron chi connectivity index (χ2n) is 14.2. The summed E-state index contributed by atoms with van der Waals surface area (Å²) in [7, 11) is 0. The lowest BCUT2D eigenvalue weighted by Gasteiger charge is -2.41. The Labute approximate surface area is 326 Å². The van der Waals surface area contributed by atoms with Crippen LogP contribution in [0.5, 0.6) is 0 Å². The first-order chi connectivity index (χ1) is 27.3. The van der Waals surface area contributed by atoms with Gasteiger partial charge in [0.2, 0.25) is 6.71 Å². The fraction of sp³-hybridized carbons (Fsp3) is 0.0204. The van der Waals surface area contributed by atoms with Gasteiger partial charge in [0.15, 0.2) is 0 Å². The van der Waals surface area contributed by atoms with E-state index in [1.165, 1.54) is 48.8 Å². The fourth-order valence-electron chi connectivity index (χ4n) is 8.74. The van der Waals surface area contributed by atoms with Gasteiger partial charge >= 0.3 is 0 Å². The highest BCUT2D eigenvalue weighted by molar-refractivity contribution is 8.00. The van der Waals surface area contributed by atoms with Gasteiger partial charge in [-0.3, -0.25) is 0 Å². The first-order valence-electron chi connectivity index (χ1n) is 18.8. The van der Waals surface area contributed by atoms with Gasteiger partial charge in [0.1, 0.15) is 6.17 Å². The van der Waals surface area contributed by atoms with E-state index in [2.05, 4.69) is 220 Å². The van der Waals surface area contributed by atoms with Gasteiger partial charge in [-0.15, -0.1) is 0 Å². The molecular formula is C49H35BN4S. The van der Waals surface area contributed by atoms with E-state index in [-0.39, 0.29) is 12.9 Å². The van der Waals surface area contributed by atoms with Crippen LogP contribution in [0.2, 0.25) is 0 Å². The molecule has 0 spiro atoms. The number of nitrogens with one attached hydrogen (secondary N) is 1. The largest absolute Gasteiger partial charge is 0.359 e. The van der Waals surface area contributed by atoms with E-state index in [4.69, 9.17) is 0 Å². The Morgan fingerprint density at radius 3 is 1.56 bits per heavy atom. The third-order valence-corrected chi connectivity index (χ3v) is 12.2. The molecule has 0 aliphatic carbocycles. The first kappa shape index (κ1) is 31.9. The Morgan fingerprint density at radius 2 is 0.982 bits per heavy atom. The van der Waals surface area contributed by atoms with E-state index in [0.717, 1.165) is 34.1 Å². The van der Waals surface area contributed by atoms with Gasteiger partial charge in [0.05, 0.1) is 11.4 Å². The van der Waals surface area contributed by atoms with Gasteiger partial charge in [-0.05, 0) is 95.4 Å². The molecular weight excluding hydrogens is 687 g/mol. The molecule has 0 aromatic heterocycles. The van der Waals surface area contributed by atoms with Crippen molar-refractivity contribution in [3.05, 3.63) is 206 Å². The minimum atomic E-state index is -0.0429. The number of nitrogens with zero attached hydrogens (tertiary/aromatic N) is 3. The summed E-state index contributed by atoms with van der Waals surface area (Å²) in [5.74, 6) is 0. The highest BCUT2D eigenvalue weighted by atomic mass is 32.2. The molecule has 260 valence electrons. The number of hydrogen-bond donors (Lipinski definition) is 1. The van der Waals surface area contributed by atoms with Crippen LogP contribution in [0.3, 0.4) is 0 Å². The number of anilines is 9. The molecule has 0 amide bonds. The molecule has 0 saturated heterocycles. The van der Waals surface area contributed by atoms with Crippen LogP contribution in [0, 0.1) is 0 Å². The average molecular weight is 723 g/mol. The normalized spacial score (nSPS) is 14.4. The lowest BCUT2D eigenvalue weighted by molar-refractivity contribution is 0.829. The number of rotatable bonds is 7. The molecule has 3 aliphatic rings. The van der Waals surface area contributed by atoms with E-state index < -0.39 is 0 Å². The van der Waals surface area contributed by atoms with Crippen molar-refractivity contribution in [2.45, 2.75) is 16.0 Å². The van der Waals surface area contributed by atoms with Crippen LogP contribution in [-0.2, 0) is 0 Å². The van der Waals surface area contributed by atoms with Gasteiger partial charge in [0, 0.05) is 49.6 Å². The van der Waals surface area contributed by atoms with Crippen molar-refractivity contribution in [1.82, 2.24) is 0 Å². The summed E-state index contributed by atoms with van der Waals surface area (Å²) in [5.41, 5.74) is 15.7. The van der Waals surface area contributed by atoms with E-state index in [1.807, 2.05) is 11.8 Å². The first-order valence-corrected chi connectivity index (χ1v) is 19.7. The highest BCUT2D eigenvalue weighted by Crippen LogP contribution is 2.51. The minimum absolute atomic E-state index is 0.0429. The minimum Gasteiger partial charge on any atom is -0.359 e. The summed E-state index contributed by atoms with van der Waals surface area (Å²) in [6.07, 6.45) is -0.0429. The fourth-order valence-corrected chi connectivity index (χ4v) is 9.97. The Balaban J connectivity index is 1.15. The van der Waals surface area contributed by atoms with E-state index in [9.17, 15) is 0 Å². The maximum atomic E-state index is 3.95. The van der Waals surface area contributed by atoms with Crippen LogP contribution in [-0.4, -0.2) is 6.71 Å². The molecule has 11 rings (SSSR count). The molecule has 0 saturated carbocycles. The molecule has 0 bridgehead atoms. The molecule has 6 heteroatoms. The maximum Gasteiger partial charge on any atom is 0.249 e. The molecule has 3 aliphatic heterocycles. The lowest BCUT2D eigenvalue weighted by Crippen LogP contribution is -2.60. The maximum absolute atomic E-state index is 3.95. The van der Waals surface area contributed by atoms with Crippen LogP contribution in [0.25, 0.3) is 0 Å². The molecule has 1 N–H and O–H groups in total. The van der Waals surface area contributed by atoms with Gasteiger partial charge in [-0.1, -0.05) is 139 Å². The summed E-state index contributed by atoms with van der Waals surface area (Å²) >= 11 is 1.89. The zero-order valence-electron chi connectivity index (χ0n) is 30.0. The standard InChI is InChI=1S/C49H35BN4S/c1-6-17-34(18-7-1)49-51-43-28-16-27-42-48(43)54(49)44-31-40(53(37-23-12-4-13-24-37)38-25-14-5-15-26-38)33-46-47(44)50(42)41-30-29-39(32-45(41)55-46)52(35-19-8-2-9-20-35)36-21-10-3-11-22-36/h1-33,49,51H. The van der Waals surface area contributed by atoms with Crippen molar-refractivity contribution >= 4 is 86.0 Å². The molecule has 0 radical (unpaired) electrons. The molecule has 8 aromatic rings. The van der Waals surface area contributed by atoms with Crippen LogP contribution >= 0.6 is 11.8 Å². The monoisotopic (exact) mass is 722 g/mol. The van der Waals surface area contributed by atoms with Gasteiger partial charge in [-0.2, -0.15) is 0 Å². The van der Waals surface area contributed by atoms with E-state index >= 15 is 0 Å². The third kappa shape index (κ3) is 5.24. The Kier molecular flexibility index (Phi) is 7.56. The van der Waals surface area contributed by atoms with Gasteiger partial charge in [0.25, 0.3) is 0 Å². The van der Waals surface area contributed by atoms with Crippen LogP contribution in [0.15, 0.2) is 210 Å². The highest BCUT2D eigenvalue weighted by Gasteiger charge is 2.46. The quantitative estimate of drug-likeness (QED) is 0.165. The summed E-state index contributed by atoms with van der Waals surface area (Å²) in [5, 5.41) is 3.95. The average Bonchev–Trinajstić information content (AvgIpc) is 3.65. The predicted octanol–water partition coefficient (Wildman–Crippen LogP) is 11.2. The van der Waals surface area contributed by atoms with Crippen LogP contribution in [0.4, 0.5) is 51.2 Å². The van der Waals surface area contributed by atoms with Crippen molar-refractivity contribution in [2.75, 3.05) is 20.0 Å². The Hall–Kier alpha value is -6.63. The Bertz CT molecular complexity index is 2600. The lowest BCUT2D eigenvalue weighted by atomic mass is 9.35. The van der Waals surface area contributed by atoms with Gasteiger partial charge in [-0.25, -0.2) is 0 Å². The van der Waals surface area contributed by atoms with Crippen molar-refractivity contribution in [3.8, 4) is 0 Å². The van der Waals surface area contributed by atoms with E-state index in [0.29, 0.717) is 0 Å². The molecule has 4 nitrogen and oxygen atoms in total. The van der Waals surface area contributed by atoms with Crippen molar-refractivity contribution in [1.29, 1.82) is 0 Å². The topological polar surface area (TPSA) is 21.8 Å². The molecule has 3 heterocycles. The number of benzene rings is 8. The number of hydrogen-bond acceptors (Lipinski definition) is 5. The molecule has 1 unspecified atom stereocenters. The third-order valence-electron chi connectivity index (χ3n) is 11.0. The SMILES string of the molecule is c1ccc(C2Nc3cccc4c3N2c2cc(N(c3ccccc3)c3ccccc3)cc3c2B4c2ccc(N(c4ccccc4)c4ccccc4)cc2S3)cc1. The molecule has 55 heavy (non-hydrogen) atoms.